The van der Waals surface area contributed by atoms with Crippen molar-refractivity contribution >= 4 is 34.7 Å². The number of aromatic nitrogens is 2. The van der Waals surface area contributed by atoms with Crippen LogP contribution in [0.1, 0.15) is 0 Å². The van der Waals surface area contributed by atoms with Crippen LogP contribution in [0.5, 0.6) is 0 Å². The highest BCUT2D eigenvalue weighted by Gasteiger charge is 2.25. The molecule has 0 spiro atoms. The molecule has 2 heterocycles. The van der Waals surface area contributed by atoms with E-state index in [1.54, 1.807) is 0 Å². The molecule has 98 valence electrons. The summed E-state index contributed by atoms with van der Waals surface area (Å²) in [7, 11) is 0. The largest absolute Gasteiger partial charge is 0.336 e. The van der Waals surface area contributed by atoms with E-state index in [1.165, 1.54) is 16.7 Å². The van der Waals surface area contributed by atoms with E-state index in [9.17, 15) is 9.59 Å². The molecule has 3 amide bonds. The fourth-order valence-electron chi connectivity index (χ4n) is 1.92. The number of imidazole rings is 1. The van der Waals surface area contributed by atoms with Crippen molar-refractivity contribution in [2.24, 2.45) is 0 Å². The monoisotopic (exact) mass is 276 g/mol. The van der Waals surface area contributed by atoms with E-state index in [-0.39, 0.29) is 17.7 Å². The molecule has 0 saturated carbocycles. The number of thioether (sulfide) groups is 1. The van der Waals surface area contributed by atoms with Crippen LogP contribution in [0.15, 0.2) is 29.4 Å². The van der Waals surface area contributed by atoms with E-state index in [0.29, 0.717) is 18.2 Å². The van der Waals surface area contributed by atoms with E-state index < -0.39 is 0 Å². The van der Waals surface area contributed by atoms with Gasteiger partial charge in [0.1, 0.15) is 0 Å². The number of urea groups is 1. The number of H-pyrrole nitrogens is 1. The predicted octanol–water partition coefficient (Wildman–Crippen LogP) is 1.21. The second kappa shape index (κ2) is 4.93. The normalized spacial score (nSPS) is 14.9. The molecule has 7 heteroatoms. The molecule has 1 fully saturated rings. The number of hydrogen-bond donors (Lipinski definition) is 2. The number of para-hydroxylation sites is 2. The molecule has 0 aliphatic carbocycles. The molecule has 0 radical (unpaired) electrons. The van der Waals surface area contributed by atoms with Crippen LogP contribution in [0.2, 0.25) is 0 Å². The SMILES string of the molecule is O=C(CSc1nc2ccccc2[nH]1)N1CCNC1=O. The Balaban J connectivity index is 1.65. The van der Waals surface area contributed by atoms with Gasteiger partial charge in [-0.3, -0.25) is 9.69 Å². The van der Waals surface area contributed by atoms with Gasteiger partial charge < -0.3 is 10.3 Å². The van der Waals surface area contributed by atoms with Crippen LogP contribution in [-0.4, -0.2) is 45.6 Å². The maximum absolute atomic E-state index is 11.8. The summed E-state index contributed by atoms with van der Waals surface area (Å²) in [4.78, 5) is 31.9. The van der Waals surface area contributed by atoms with Gasteiger partial charge in [0.2, 0.25) is 5.91 Å². The number of rotatable bonds is 3. The number of aromatic amines is 1. The lowest BCUT2D eigenvalue weighted by Crippen LogP contribution is -2.35. The summed E-state index contributed by atoms with van der Waals surface area (Å²) in [6.45, 7) is 0.970. The van der Waals surface area contributed by atoms with Crippen molar-refractivity contribution in [1.82, 2.24) is 20.2 Å². The van der Waals surface area contributed by atoms with E-state index in [1.807, 2.05) is 24.3 Å². The Labute approximate surface area is 113 Å². The molecule has 0 unspecified atom stereocenters. The smallest absolute Gasteiger partial charge is 0.324 e. The molecular weight excluding hydrogens is 264 g/mol. The van der Waals surface area contributed by atoms with Crippen molar-refractivity contribution in [1.29, 1.82) is 0 Å². The van der Waals surface area contributed by atoms with Crippen molar-refractivity contribution in [2.75, 3.05) is 18.8 Å². The van der Waals surface area contributed by atoms with Gasteiger partial charge in [0.05, 0.1) is 16.8 Å². The van der Waals surface area contributed by atoms with Crippen LogP contribution in [0, 0.1) is 0 Å². The van der Waals surface area contributed by atoms with Gasteiger partial charge in [-0.15, -0.1) is 0 Å². The minimum absolute atomic E-state index is 0.194. The quantitative estimate of drug-likeness (QED) is 0.826. The summed E-state index contributed by atoms with van der Waals surface area (Å²) in [5, 5.41) is 3.29. The van der Waals surface area contributed by atoms with Crippen molar-refractivity contribution in [3.8, 4) is 0 Å². The van der Waals surface area contributed by atoms with Crippen LogP contribution in [0.3, 0.4) is 0 Å². The van der Waals surface area contributed by atoms with Crippen molar-refractivity contribution < 1.29 is 9.59 Å². The van der Waals surface area contributed by atoms with Crippen molar-refractivity contribution in [3.05, 3.63) is 24.3 Å². The Morgan fingerprint density at radius 3 is 3.00 bits per heavy atom. The van der Waals surface area contributed by atoms with E-state index in [4.69, 9.17) is 0 Å². The van der Waals surface area contributed by atoms with Gasteiger partial charge in [-0.2, -0.15) is 0 Å². The molecule has 1 saturated heterocycles. The molecule has 3 rings (SSSR count). The Hall–Kier alpha value is -2.02. The maximum atomic E-state index is 11.8. The summed E-state index contributed by atoms with van der Waals surface area (Å²) in [6, 6.07) is 7.37. The first-order valence-corrected chi connectivity index (χ1v) is 6.88. The molecule has 1 aliphatic heterocycles. The van der Waals surface area contributed by atoms with Gasteiger partial charge in [0, 0.05) is 13.1 Å². The Kier molecular flexibility index (Phi) is 3.12. The van der Waals surface area contributed by atoms with Crippen LogP contribution in [0.4, 0.5) is 4.79 Å². The van der Waals surface area contributed by atoms with Crippen molar-refractivity contribution in [2.45, 2.75) is 5.16 Å². The number of carbonyl (C=O) groups is 2. The molecule has 19 heavy (non-hydrogen) atoms. The van der Waals surface area contributed by atoms with Gasteiger partial charge in [0.25, 0.3) is 0 Å². The second-order valence-corrected chi connectivity index (χ2v) is 5.09. The number of hydrogen-bond acceptors (Lipinski definition) is 4. The predicted molar refractivity (Wildman–Crippen MR) is 71.9 cm³/mol. The molecule has 6 nitrogen and oxygen atoms in total. The number of imide groups is 1. The number of benzene rings is 1. The lowest BCUT2D eigenvalue weighted by molar-refractivity contribution is -0.124. The molecule has 1 aromatic heterocycles. The summed E-state index contributed by atoms with van der Waals surface area (Å²) in [5.74, 6) is 0.00761. The molecule has 2 N–H and O–H groups in total. The van der Waals surface area contributed by atoms with Gasteiger partial charge in [0.15, 0.2) is 5.16 Å². The summed E-state index contributed by atoms with van der Waals surface area (Å²) in [6.07, 6.45) is 0. The van der Waals surface area contributed by atoms with E-state index in [0.717, 1.165) is 11.0 Å². The zero-order chi connectivity index (χ0) is 13.2. The summed E-state index contributed by atoms with van der Waals surface area (Å²) in [5.41, 5.74) is 1.81. The zero-order valence-corrected chi connectivity index (χ0v) is 10.9. The average molecular weight is 276 g/mol. The highest BCUT2D eigenvalue weighted by atomic mass is 32.2. The minimum Gasteiger partial charge on any atom is -0.336 e. The van der Waals surface area contributed by atoms with E-state index in [2.05, 4.69) is 15.3 Å². The molecule has 1 aliphatic rings. The van der Waals surface area contributed by atoms with Gasteiger partial charge >= 0.3 is 6.03 Å². The molecular formula is C12H12N4O2S. The summed E-state index contributed by atoms with van der Waals surface area (Å²) < 4.78 is 0. The number of amides is 3. The highest BCUT2D eigenvalue weighted by molar-refractivity contribution is 7.99. The first-order chi connectivity index (χ1) is 9.24. The average Bonchev–Trinajstić information content (AvgIpc) is 3.01. The second-order valence-electron chi connectivity index (χ2n) is 4.13. The standard InChI is InChI=1S/C12H12N4O2S/c17-10(16-6-5-13-12(16)18)7-19-11-14-8-3-1-2-4-9(8)15-11/h1-4H,5-7H2,(H,13,18)(H,14,15). The van der Waals surface area contributed by atoms with Crippen LogP contribution in [-0.2, 0) is 4.79 Å². The first kappa shape index (κ1) is 12.0. The molecule has 2 aromatic rings. The topological polar surface area (TPSA) is 78.1 Å². The lowest BCUT2D eigenvalue weighted by Gasteiger charge is -2.10. The summed E-state index contributed by atoms with van der Waals surface area (Å²) >= 11 is 1.31. The van der Waals surface area contributed by atoms with Crippen LogP contribution in [0.25, 0.3) is 11.0 Å². The van der Waals surface area contributed by atoms with Gasteiger partial charge in [-0.05, 0) is 12.1 Å². The zero-order valence-electron chi connectivity index (χ0n) is 10.0. The van der Waals surface area contributed by atoms with Gasteiger partial charge in [-0.1, -0.05) is 23.9 Å². The Morgan fingerprint density at radius 1 is 1.42 bits per heavy atom. The Morgan fingerprint density at radius 2 is 2.26 bits per heavy atom. The fourth-order valence-corrected chi connectivity index (χ4v) is 2.68. The van der Waals surface area contributed by atoms with Gasteiger partial charge in [-0.25, -0.2) is 9.78 Å². The third kappa shape index (κ3) is 2.41. The maximum Gasteiger partial charge on any atom is 0.324 e. The molecule has 0 bridgehead atoms. The number of carbonyl (C=O) groups excluding carboxylic acids is 2. The number of nitrogens with one attached hydrogen (secondary N) is 2. The first-order valence-electron chi connectivity index (χ1n) is 5.90. The number of nitrogens with zero attached hydrogens (tertiary/aromatic N) is 2. The highest BCUT2D eigenvalue weighted by Crippen LogP contribution is 2.19. The van der Waals surface area contributed by atoms with Crippen molar-refractivity contribution in [3.63, 3.8) is 0 Å². The minimum atomic E-state index is -0.310. The lowest BCUT2D eigenvalue weighted by atomic mass is 10.3. The molecule has 0 atom stereocenters. The Bertz CT molecular complexity index is 606. The van der Waals surface area contributed by atoms with Crippen LogP contribution < -0.4 is 5.32 Å². The van der Waals surface area contributed by atoms with Crippen LogP contribution >= 0.6 is 11.8 Å². The fraction of sp³-hybridized carbons (Fsp3) is 0.250. The number of fused-ring (bicyclic) bond motifs is 1. The molecule has 1 aromatic carbocycles. The van der Waals surface area contributed by atoms with E-state index >= 15 is 0 Å². The third-order valence-electron chi connectivity index (χ3n) is 2.86. The third-order valence-corrected chi connectivity index (χ3v) is 3.72.